The number of hydrogen-bond acceptors (Lipinski definition) is 4. The van der Waals surface area contributed by atoms with Crippen molar-refractivity contribution in [2.24, 2.45) is 0 Å². The first-order chi connectivity index (χ1) is 16.8. The van der Waals surface area contributed by atoms with Crippen molar-refractivity contribution < 1.29 is 32.0 Å². The third-order valence-electron chi connectivity index (χ3n) is 6.39. The fourth-order valence-corrected chi connectivity index (χ4v) is 4.58. The van der Waals surface area contributed by atoms with E-state index < -0.39 is 11.7 Å². The number of carbonyl (C=O) groups is 1. The second-order valence-electron chi connectivity index (χ2n) is 8.66. The number of methoxy groups -OCH3 is 1. The second kappa shape index (κ2) is 9.14. The molecule has 2 N–H and O–H groups in total. The molecule has 4 aromatic rings. The van der Waals surface area contributed by atoms with E-state index in [0.717, 1.165) is 27.3 Å². The standard InChI is InChI=1S/C26H24F3N3O3/c1-34-24-14-20-19-7-2-3-8-22(19)35-23(20)15-21(24)30-25(33)16-31-9-11-32(12-10-31)18-6-4-5-17(13-18)26(27,28)29/h2-8,13-15H,9-12,16H2,1H3,(H,30,33)/p+1. The minimum atomic E-state index is -4.37. The smallest absolute Gasteiger partial charge is 0.416 e. The number of alkyl halides is 3. The topological polar surface area (TPSA) is 59.1 Å². The molecule has 0 unspecified atom stereocenters. The molecule has 182 valence electrons. The molecule has 1 aliphatic heterocycles. The molecule has 1 aliphatic rings. The Labute approximate surface area is 199 Å². The van der Waals surface area contributed by atoms with Crippen LogP contribution in [0.2, 0.25) is 0 Å². The molecule has 2 heterocycles. The van der Waals surface area contributed by atoms with Gasteiger partial charge in [0.1, 0.15) is 16.9 Å². The van der Waals surface area contributed by atoms with Crippen LogP contribution in [0.1, 0.15) is 5.56 Å². The zero-order chi connectivity index (χ0) is 24.6. The Bertz CT molecular complexity index is 1370. The third kappa shape index (κ3) is 4.77. The SMILES string of the molecule is COc1cc2c(cc1NC(=O)C[NH+]1CCN(c3cccc(C(F)(F)F)c3)CC1)oc1ccccc12. The fraction of sp³-hybridized carbons (Fsp3) is 0.269. The van der Waals surface area contributed by atoms with Crippen LogP contribution in [0.3, 0.4) is 0 Å². The summed E-state index contributed by atoms with van der Waals surface area (Å²) in [6, 6.07) is 16.7. The number of para-hydroxylation sites is 1. The molecule has 0 atom stereocenters. The summed E-state index contributed by atoms with van der Waals surface area (Å²) in [7, 11) is 1.55. The lowest BCUT2D eigenvalue weighted by molar-refractivity contribution is -0.892. The number of furan rings is 1. The number of ether oxygens (including phenoxy) is 1. The molecule has 0 saturated carbocycles. The fourth-order valence-electron chi connectivity index (χ4n) is 4.58. The van der Waals surface area contributed by atoms with Crippen LogP contribution >= 0.6 is 0 Å². The molecule has 0 aliphatic carbocycles. The molecule has 5 rings (SSSR count). The summed E-state index contributed by atoms with van der Waals surface area (Å²) < 4.78 is 50.5. The Morgan fingerprint density at radius 1 is 1.03 bits per heavy atom. The number of nitrogens with one attached hydrogen (secondary N) is 2. The van der Waals surface area contributed by atoms with Gasteiger partial charge in [0.05, 0.1) is 44.5 Å². The van der Waals surface area contributed by atoms with Gasteiger partial charge < -0.3 is 24.3 Å². The van der Waals surface area contributed by atoms with E-state index in [-0.39, 0.29) is 12.5 Å². The van der Waals surface area contributed by atoms with Crippen LogP contribution in [0.4, 0.5) is 24.5 Å². The monoisotopic (exact) mass is 484 g/mol. The number of quaternary nitrogens is 1. The highest BCUT2D eigenvalue weighted by Crippen LogP contribution is 2.36. The molecule has 9 heteroatoms. The predicted octanol–water partition coefficient (Wildman–Crippen LogP) is 3.96. The number of anilines is 2. The van der Waals surface area contributed by atoms with Crippen molar-refractivity contribution in [1.29, 1.82) is 0 Å². The average Bonchev–Trinajstić information content (AvgIpc) is 3.21. The van der Waals surface area contributed by atoms with Crippen molar-refractivity contribution in [3.8, 4) is 5.75 Å². The summed E-state index contributed by atoms with van der Waals surface area (Å²) in [4.78, 5) is 15.8. The predicted molar refractivity (Wildman–Crippen MR) is 128 cm³/mol. The number of halogens is 3. The van der Waals surface area contributed by atoms with Crippen molar-refractivity contribution in [3.05, 3.63) is 66.2 Å². The first-order valence-electron chi connectivity index (χ1n) is 11.4. The zero-order valence-corrected chi connectivity index (χ0v) is 19.1. The van der Waals surface area contributed by atoms with Crippen LogP contribution in [0.25, 0.3) is 21.9 Å². The summed E-state index contributed by atoms with van der Waals surface area (Å²) in [5.74, 6) is 0.378. The number of benzene rings is 3. The van der Waals surface area contributed by atoms with Gasteiger partial charge in [-0.05, 0) is 30.3 Å². The molecule has 0 spiro atoms. The van der Waals surface area contributed by atoms with E-state index in [0.29, 0.717) is 48.9 Å². The highest BCUT2D eigenvalue weighted by Gasteiger charge is 2.31. The summed E-state index contributed by atoms with van der Waals surface area (Å²) in [5.41, 5.74) is 1.85. The first kappa shape index (κ1) is 23.0. The molecule has 1 saturated heterocycles. The summed E-state index contributed by atoms with van der Waals surface area (Å²) in [5, 5.41) is 4.81. The number of amides is 1. The summed E-state index contributed by atoms with van der Waals surface area (Å²) in [6.07, 6.45) is -4.37. The average molecular weight is 484 g/mol. The normalized spacial score (nSPS) is 15.0. The minimum absolute atomic E-state index is 0.165. The van der Waals surface area contributed by atoms with Gasteiger partial charge in [-0.25, -0.2) is 0 Å². The zero-order valence-electron chi connectivity index (χ0n) is 19.1. The van der Waals surface area contributed by atoms with E-state index in [1.807, 2.05) is 35.2 Å². The summed E-state index contributed by atoms with van der Waals surface area (Å²) in [6.45, 7) is 2.67. The van der Waals surface area contributed by atoms with Crippen molar-refractivity contribution in [3.63, 3.8) is 0 Å². The quantitative estimate of drug-likeness (QED) is 0.450. The third-order valence-corrected chi connectivity index (χ3v) is 6.39. The lowest BCUT2D eigenvalue weighted by Gasteiger charge is -2.33. The Hall–Kier alpha value is -3.72. The van der Waals surface area contributed by atoms with Crippen LogP contribution in [0.15, 0.2) is 65.1 Å². The van der Waals surface area contributed by atoms with Crippen LogP contribution < -0.4 is 19.9 Å². The molecule has 0 bridgehead atoms. The van der Waals surface area contributed by atoms with Gasteiger partial charge in [-0.3, -0.25) is 4.79 Å². The first-order valence-corrected chi connectivity index (χ1v) is 11.4. The van der Waals surface area contributed by atoms with Crippen LogP contribution in [-0.4, -0.2) is 45.7 Å². The minimum Gasteiger partial charge on any atom is -0.495 e. The molecule has 3 aromatic carbocycles. The van der Waals surface area contributed by atoms with Crippen LogP contribution in [0.5, 0.6) is 5.75 Å². The van der Waals surface area contributed by atoms with E-state index in [9.17, 15) is 18.0 Å². The number of rotatable bonds is 5. The number of fused-ring (bicyclic) bond motifs is 3. The molecule has 1 aromatic heterocycles. The van der Waals surface area contributed by atoms with Gasteiger partial charge in [-0.1, -0.05) is 24.3 Å². The van der Waals surface area contributed by atoms with Gasteiger partial charge in [0.2, 0.25) is 0 Å². The van der Waals surface area contributed by atoms with E-state index in [1.54, 1.807) is 19.2 Å². The lowest BCUT2D eigenvalue weighted by Crippen LogP contribution is -3.15. The van der Waals surface area contributed by atoms with Crippen molar-refractivity contribution in [1.82, 2.24) is 0 Å². The van der Waals surface area contributed by atoms with Crippen molar-refractivity contribution in [2.75, 3.05) is 50.1 Å². The molecular weight excluding hydrogens is 459 g/mol. The number of hydrogen-bond donors (Lipinski definition) is 2. The maximum Gasteiger partial charge on any atom is 0.416 e. The maximum absolute atomic E-state index is 13.0. The Balaban J connectivity index is 1.23. The largest absolute Gasteiger partial charge is 0.495 e. The van der Waals surface area contributed by atoms with Crippen molar-refractivity contribution in [2.45, 2.75) is 6.18 Å². The number of piperazine rings is 1. The Morgan fingerprint density at radius 2 is 1.80 bits per heavy atom. The van der Waals surface area contributed by atoms with E-state index >= 15 is 0 Å². The second-order valence-corrected chi connectivity index (χ2v) is 8.66. The molecule has 6 nitrogen and oxygen atoms in total. The Kier molecular flexibility index (Phi) is 6.02. The number of carbonyl (C=O) groups excluding carboxylic acids is 1. The molecule has 1 fully saturated rings. The molecule has 0 radical (unpaired) electrons. The Morgan fingerprint density at radius 3 is 2.54 bits per heavy atom. The van der Waals surface area contributed by atoms with Crippen LogP contribution in [-0.2, 0) is 11.0 Å². The van der Waals surface area contributed by atoms with Gasteiger partial charge in [0.25, 0.3) is 5.91 Å². The van der Waals surface area contributed by atoms with E-state index in [4.69, 9.17) is 9.15 Å². The maximum atomic E-state index is 13.0. The molecule has 35 heavy (non-hydrogen) atoms. The van der Waals surface area contributed by atoms with Gasteiger partial charge in [-0.2, -0.15) is 13.2 Å². The van der Waals surface area contributed by atoms with Gasteiger partial charge in [0.15, 0.2) is 6.54 Å². The molecular formula is C26H25F3N3O3+. The van der Waals surface area contributed by atoms with E-state index in [1.165, 1.54) is 12.1 Å². The van der Waals surface area contributed by atoms with Gasteiger partial charge in [0, 0.05) is 22.5 Å². The molecule has 1 amide bonds. The van der Waals surface area contributed by atoms with Gasteiger partial charge >= 0.3 is 6.18 Å². The van der Waals surface area contributed by atoms with Crippen LogP contribution in [0, 0.1) is 0 Å². The van der Waals surface area contributed by atoms with Gasteiger partial charge in [-0.15, -0.1) is 0 Å². The van der Waals surface area contributed by atoms with E-state index in [2.05, 4.69) is 5.32 Å². The highest BCUT2D eigenvalue weighted by molar-refractivity contribution is 6.07. The highest BCUT2D eigenvalue weighted by atomic mass is 19.4. The lowest BCUT2D eigenvalue weighted by atomic mass is 10.1. The number of nitrogens with zero attached hydrogens (tertiary/aromatic N) is 1. The van der Waals surface area contributed by atoms with Crippen molar-refractivity contribution >= 4 is 39.2 Å². The summed E-state index contributed by atoms with van der Waals surface area (Å²) >= 11 is 0.